The number of carboxylic acid groups (broad SMARTS) is 1. The molecule has 0 amide bonds. The highest BCUT2D eigenvalue weighted by Gasteiger charge is 2.50. The summed E-state index contributed by atoms with van der Waals surface area (Å²) < 4.78 is 1.64. The second-order valence-electron chi connectivity index (χ2n) is 5.25. The minimum Gasteiger partial charge on any atom is -0.476 e. The van der Waals surface area contributed by atoms with Crippen LogP contribution in [0.15, 0.2) is 18.3 Å². The molecule has 0 aromatic carbocycles. The summed E-state index contributed by atoms with van der Waals surface area (Å²) in [5.74, 6) is 0.573. The molecule has 0 spiro atoms. The van der Waals surface area contributed by atoms with Gasteiger partial charge in [0.2, 0.25) is 0 Å². The smallest absolute Gasteiger partial charge is 0.356 e. The van der Waals surface area contributed by atoms with Crippen molar-refractivity contribution in [2.45, 2.75) is 18.8 Å². The van der Waals surface area contributed by atoms with Crippen molar-refractivity contribution in [1.29, 1.82) is 5.26 Å². The summed E-state index contributed by atoms with van der Waals surface area (Å²) in [7, 11) is 0. The monoisotopic (exact) mass is 266 g/mol. The first kappa shape index (κ1) is 11.2. The Balaban J connectivity index is 1.88. The molecule has 0 saturated heterocycles. The zero-order chi connectivity index (χ0) is 13.9. The molecule has 0 bridgehead atoms. The van der Waals surface area contributed by atoms with Crippen molar-refractivity contribution in [1.82, 2.24) is 14.8 Å². The van der Waals surface area contributed by atoms with Gasteiger partial charge < -0.3 is 5.11 Å². The van der Waals surface area contributed by atoms with Crippen LogP contribution in [0.4, 0.5) is 0 Å². The molecule has 1 saturated carbocycles. The lowest BCUT2D eigenvalue weighted by Gasteiger charge is -2.04. The summed E-state index contributed by atoms with van der Waals surface area (Å²) in [6, 6.07) is 5.38. The van der Waals surface area contributed by atoms with Gasteiger partial charge in [0, 0.05) is 17.7 Å². The van der Waals surface area contributed by atoms with Crippen LogP contribution in [-0.4, -0.2) is 25.8 Å². The number of nitriles is 1. The molecule has 0 unspecified atom stereocenters. The fourth-order valence-corrected chi connectivity index (χ4v) is 3.04. The molecule has 2 heterocycles. The third kappa shape index (κ3) is 1.40. The van der Waals surface area contributed by atoms with Crippen molar-refractivity contribution < 1.29 is 9.90 Å². The maximum Gasteiger partial charge on any atom is 0.356 e. The number of nitrogens with zero attached hydrogens (tertiary/aromatic N) is 4. The first-order valence-electron chi connectivity index (χ1n) is 6.40. The van der Waals surface area contributed by atoms with E-state index in [0.717, 1.165) is 24.1 Å². The van der Waals surface area contributed by atoms with Gasteiger partial charge in [-0.15, -0.1) is 0 Å². The van der Waals surface area contributed by atoms with Crippen LogP contribution in [0, 0.1) is 17.2 Å². The first-order chi connectivity index (χ1) is 9.69. The van der Waals surface area contributed by atoms with Gasteiger partial charge in [-0.25, -0.2) is 14.5 Å². The molecule has 0 radical (unpaired) electrons. The molecule has 2 aromatic rings. The number of fused-ring (bicyclic) bond motifs is 3. The van der Waals surface area contributed by atoms with Crippen molar-refractivity contribution in [3.05, 3.63) is 40.8 Å². The molecule has 1 fully saturated rings. The first-order valence-corrected chi connectivity index (χ1v) is 6.40. The number of hydrogen-bond donors (Lipinski definition) is 1. The third-order valence-corrected chi connectivity index (χ3v) is 4.06. The standard InChI is InChI=1S/C14H10N4O2/c15-5-7-1-2-11(16-6-7)18-13-9-3-8(9)4-10(13)12(17-18)14(19)20/h1-2,6,8-9H,3-4H2,(H,19,20)/t8-,9-/m1/s1. The minimum atomic E-state index is -0.991. The van der Waals surface area contributed by atoms with E-state index in [9.17, 15) is 9.90 Å². The second kappa shape index (κ2) is 3.67. The average Bonchev–Trinajstić information content (AvgIpc) is 2.95. The molecule has 0 aliphatic heterocycles. The van der Waals surface area contributed by atoms with Crippen LogP contribution in [-0.2, 0) is 6.42 Å². The average molecular weight is 266 g/mol. The van der Waals surface area contributed by atoms with Gasteiger partial charge in [-0.05, 0) is 30.9 Å². The summed E-state index contributed by atoms with van der Waals surface area (Å²) >= 11 is 0. The Morgan fingerprint density at radius 3 is 3.00 bits per heavy atom. The van der Waals surface area contributed by atoms with Gasteiger partial charge in [-0.1, -0.05) is 0 Å². The molecule has 4 rings (SSSR count). The maximum absolute atomic E-state index is 11.3. The molecule has 2 aliphatic carbocycles. The lowest BCUT2D eigenvalue weighted by molar-refractivity contribution is 0.0688. The van der Waals surface area contributed by atoms with Crippen LogP contribution >= 0.6 is 0 Å². The van der Waals surface area contributed by atoms with Crippen LogP contribution in [0.5, 0.6) is 0 Å². The molecular weight excluding hydrogens is 256 g/mol. The summed E-state index contributed by atoms with van der Waals surface area (Å²) in [5.41, 5.74) is 2.45. The van der Waals surface area contributed by atoms with E-state index < -0.39 is 5.97 Å². The fraction of sp³-hybridized carbons (Fsp3) is 0.286. The van der Waals surface area contributed by atoms with E-state index in [1.165, 1.54) is 6.20 Å². The predicted molar refractivity (Wildman–Crippen MR) is 67.6 cm³/mol. The van der Waals surface area contributed by atoms with E-state index in [1.54, 1.807) is 16.8 Å². The highest BCUT2D eigenvalue weighted by atomic mass is 16.4. The van der Waals surface area contributed by atoms with Crippen LogP contribution in [0.2, 0.25) is 0 Å². The van der Waals surface area contributed by atoms with E-state index in [2.05, 4.69) is 10.1 Å². The lowest BCUT2D eigenvalue weighted by Crippen LogP contribution is -2.05. The van der Waals surface area contributed by atoms with E-state index in [-0.39, 0.29) is 5.69 Å². The SMILES string of the molecule is N#Cc1ccc(-n2nc(C(=O)O)c3c2[C@@H]2C[C@@H]2C3)nc1. The molecule has 2 aliphatic rings. The summed E-state index contributed by atoms with van der Waals surface area (Å²) in [4.78, 5) is 15.5. The van der Waals surface area contributed by atoms with Crippen molar-refractivity contribution in [3.63, 3.8) is 0 Å². The summed E-state index contributed by atoms with van der Waals surface area (Å²) in [6.45, 7) is 0. The van der Waals surface area contributed by atoms with Gasteiger partial charge in [0.25, 0.3) is 0 Å². The number of aromatic carboxylic acids is 1. The van der Waals surface area contributed by atoms with Crippen LogP contribution < -0.4 is 0 Å². The molecule has 6 nitrogen and oxygen atoms in total. The quantitative estimate of drug-likeness (QED) is 0.889. The van der Waals surface area contributed by atoms with Crippen LogP contribution in [0.3, 0.4) is 0 Å². The Labute approximate surface area is 114 Å². The molecule has 98 valence electrons. The van der Waals surface area contributed by atoms with Gasteiger partial charge in [0.1, 0.15) is 6.07 Å². The molecule has 6 heteroatoms. The fourth-order valence-electron chi connectivity index (χ4n) is 3.04. The lowest BCUT2D eigenvalue weighted by atomic mass is 10.1. The van der Waals surface area contributed by atoms with Crippen molar-refractivity contribution in [3.8, 4) is 11.9 Å². The molecular formula is C14H10N4O2. The predicted octanol–water partition coefficient (Wildman–Crippen LogP) is 1.50. The van der Waals surface area contributed by atoms with Gasteiger partial charge in [-0.2, -0.15) is 10.4 Å². The molecule has 1 N–H and O–H groups in total. The number of carboxylic acids is 1. The third-order valence-electron chi connectivity index (χ3n) is 4.06. The topological polar surface area (TPSA) is 91.8 Å². The largest absolute Gasteiger partial charge is 0.476 e. The van der Waals surface area contributed by atoms with Crippen LogP contribution in [0.25, 0.3) is 5.82 Å². The Bertz CT molecular complexity index is 770. The highest BCUT2D eigenvalue weighted by molar-refractivity contribution is 5.88. The van der Waals surface area contributed by atoms with E-state index in [0.29, 0.717) is 23.2 Å². The Kier molecular flexibility index (Phi) is 2.05. The van der Waals surface area contributed by atoms with Crippen molar-refractivity contribution in [2.75, 3.05) is 0 Å². The van der Waals surface area contributed by atoms with Crippen molar-refractivity contribution in [2.24, 2.45) is 5.92 Å². The van der Waals surface area contributed by atoms with Crippen molar-refractivity contribution >= 4 is 5.97 Å². The zero-order valence-corrected chi connectivity index (χ0v) is 10.4. The van der Waals surface area contributed by atoms with E-state index in [1.807, 2.05) is 6.07 Å². The van der Waals surface area contributed by atoms with E-state index in [4.69, 9.17) is 5.26 Å². The van der Waals surface area contributed by atoms with Gasteiger partial charge >= 0.3 is 5.97 Å². The molecule has 2 aromatic heterocycles. The van der Waals surface area contributed by atoms with Crippen LogP contribution in [0.1, 0.15) is 39.6 Å². The number of hydrogen-bond acceptors (Lipinski definition) is 4. The Morgan fingerprint density at radius 1 is 1.50 bits per heavy atom. The van der Waals surface area contributed by atoms with Gasteiger partial charge in [-0.3, -0.25) is 0 Å². The number of rotatable bonds is 2. The highest BCUT2D eigenvalue weighted by Crippen LogP contribution is 2.57. The number of carbonyl (C=O) groups is 1. The maximum atomic E-state index is 11.3. The number of aromatic nitrogens is 3. The zero-order valence-electron chi connectivity index (χ0n) is 10.4. The summed E-state index contributed by atoms with van der Waals surface area (Å²) in [5, 5.41) is 22.2. The van der Waals surface area contributed by atoms with Gasteiger partial charge in [0.05, 0.1) is 11.3 Å². The normalized spacial score (nSPS) is 21.9. The molecule has 2 atom stereocenters. The Morgan fingerprint density at radius 2 is 2.35 bits per heavy atom. The minimum absolute atomic E-state index is 0.137. The molecule has 20 heavy (non-hydrogen) atoms. The van der Waals surface area contributed by atoms with Gasteiger partial charge in [0.15, 0.2) is 11.5 Å². The number of pyridine rings is 1. The van der Waals surface area contributed by atoms with E-state index >= 15 is 0 Å². The Hall–Kier alpha value is -2.68. The second-order valence-corrected chi connectivity index (χ2v) is 5.25. The summed E-state index contributed by atoms with van der Waals surface area (Å²) in [6.07, 6.45) is 3.38.